The topological polar surface area (TPSA) is 68.2 Å². The average Bonchev–Trinajstić information content (AvgIpc) is 3.01. The van der Waals surface area contributed by atoms with Crippen LogP contribution in [0.5, 0.6) is 0 Å². The number of rotatable bonds is 8. The number of guanidine groups is 1. The molecule has 0 aromatic heterocycles. The summed E-state index contributed by atoms with van der Waals surface area (Å²) in [6, 6.07) is 11.1. The van der Waals surface area contributed by atoms with Crippen LogP contribution >= 0.6 is 0 Å². The van der Waals surface area contributed by atoms with Crippen LogP contribution in [-0.4, -0.2) is 35.4 Å². The van der Waals surface area contributed by atoms with Gasteiger partial charge in [-0.25, -0.2) is 0 Å². The molecule has 0 unspecified atom stereocenters. The molecule has 1 heterocycles. The van der Waals surface area contributed by atoms with Gasteiger partial charge < -0.3 is 10.6 Å². The molecule has 170 valence electrons. The van der Waals surface area contributed by atoms with Gasteiger partial charge in [0.2, 0.25) is 0 Å². The van der Waals surface area contributed by atoms with Gasteiger partial charge in [-0.15, -0.1) is 0 Å². The molecule has 3 fully saturated rings. The van der Waals surface area contributed by atoms with Crippen molar-refractivity contribution >= 4 is 11.9 Å². The molecular formula is C26H40N4O. The maximum atomic E-state index is 13.3. The minimum absolute atomic E-state index is 0.118. The second kappa shape index (κ2) is 10.2. The first-order valence-corrected chi connectivity index (χ1v) is 12.5. The van der Waals surface area contributed by atoms with E-state index in [9.17, 15) is 4.79 Å². The Hall–Kier alpha value is -1.88. The largest absolute Gasteiger partial charge is 0.342 e. The third kappa shape index (κ3) is 5.49. The number of carbonyl (C=O) groups is 1. The van der Waals surface area contributed by atoms with E-state index in [-0.39, 0.29) is 11.9 Å². The lowest BCUT2D eigenvalue weighted by Gasteiger charge is -2.37. The van der Waals surface area contributed by atoms with E-state index in [4.69, 9.17) is 5.41 Å². The first-order chi connectivity index (χ1) is 15.1. The molecule has 5 heteroatoms. The highest BCUT2D eigenvalue weighted by atomic mass is 16.2. The maximum Gasteiger partial charge on any atom is 0.254 e. The molecule has 2 saturated carbocycles. The van der Waals surface area contributed by atoms with Gasteiger partial charge in [-0.3, -0.25) is 15.1 Å². The van der Waals surface area contributed by atoms with E-state index in [1.807, 2.05) is 0 Å². The van der Waals surface area contributed by atoms with Crippen LogP contribution in [0, 0.1) is 17.2 Å². The molecule has 0 radical (unpaired) electrons. The van der Waals surface area contributed by atoms with Crippen LogP contribution in [0.1, 0.15) is 82.6 Å². The molecule has 1 saturated heterocycles. The predicted octanol–water partition coefficient (Wildman–Crippen LogP) is 4.82. The van der Waals surface area contributed by atoms with E-state index < -0.39 is 5.54 Å². The number of nitrogens with zero attached hydrogens (tertiary/aromatic N) is 1. The van der Waals surface area contributed by atoms with Crippen LogP contribution in [0.4, 0.5) is 0 Å². The van der Waals surface area contributed by atoms with Crippen LogP contribution in [-0.2, 0) is 11.3 Å². The van der Waals surface area contributed by atoms with Crippen molar-refractivity contribution in [3.8, 4) is 0 Å². The minimum Gasteiger partial charge on any atom is -0.342 e. The van der Waals surface area contributed by atoms with Gasteiger partial charge in [-0.05, 0) is 49.5 Å². The fraction of sp³-hybridized carbons (Fsp3) is 0.692. The first kappa shape index (κ1) is 22.3. The molecule has 0 bridgehead atoms. The Morgan fingerprint density at radius 1 is 1.06 bits per heavy atom. The van der Waals surface area contributed by atoms with E-state index in [1.54, 1.807) is 7.05 Å². The van der Waals surface area contributed by atoms with E-state index in [0.29, 0.717) is 12.0 Å². The Bertz CT molecular complexity index is 745. The summed E-state index contributed by atoms with van der Waals surface area (Å²) in [5, 5.41) is 15.4. The summed E-state index contributed by atoms with van der Waals surface area (Å²) in [4.78, 5) is 14.8. The highest BCUT2D eigenvalue weighted by molar-refractivity contribution is 6.07. The van der Waals surface area contributed by atoms with E-state index in [0.717, 1.165) is 38.1 Å². The molecule has 1 aliphatic heterocycles. The van der Waals surface area contributed by atoms with Crippen LogP contribution in [0.15, 0.2) is 30.3 Å². The Balaban J connectivity index is 1.37. The third-order valence-corrected chi connectivity index (χ3v) is 7.97. The standard InChI is InChI=1S/C26H40N4O/c1-30-24(31)26(29-25(30)27,16-15-20-9-4-2-5-10-20)18-22-13-8-14-23(17-22)28-19-21-11-6-3-7-12-21/h3,6-7,11-12,20,22-23,28H,2,4-5,8-10,13-19H2,1H3,(H2,27,29)/t22-,23-,26+/m0/s1. The molecule has 4 rings (SSSR count). The smallest absolute Gasteiger partial charge is 0.254 e. The van der Waals surface area contributed by atoms with Crippen molar-refractivity contribution in [3.63, 3.8) is 0 Å². The Labute approximate surface area is 187 Å². The van der Waals surface area contributed by atoms with Crippen molar-refractivity contribution < 1.29 is 4.79 Å². The summed E-state index contributed by atoms with van der Waals surface area (Å²) in [5.41, 5.74) is 0.770. The van der Waals surface area contributed by atoms with Gasteiger partial charge in [0.15, 0.2) is 5.96 Å². The zero-order valence-electron chi connectivity index (χ0n) is 19.2. The lowest BCUT2D eigenvalue weighted by Crippen LogP contribution is -2.49. The monoisotopic (exact) mass is 424 g/mol. The molecule has 3 N–H and O–H groups in total. The van der Waals surface area contributed by atoms with Crippen LogP contribution in [0.25, 0.3) is 0 Å². The van der Waals surface area contributed by atoms with Crippen molar-refractivity contribution in [1.82, 2.24) is 15.5 Å². The quantitative estimate of drug-likeness (QED) is 0.560. The fourth-order valence-corrected chi connectivity index (χ4v) is 6.14. The van der Waals surface area contributed by atoms with Crippen molar-refractivity contribution in [3.05, 3.63) is 35.9 Å². The van der Waals surface area contributed by atoms with E-state index in [2.05, 4.69) is 41.0 Å². The van der Waals surface area contributed by atoms with Gasteiger partial charge in [0.05, 0.1) is 0 Å². The number of hydrogen-bond donors (Lipinski definition) is 3. The number of nitrogens with one attached hydrogen (secondary N) is 3. The van der Waals surface area contributed by atoms with Crippen LogP contribution < -0.4 is 10.6 Å². The molecule has 5 nitrogen and oxygen atoms in total. The van der Waals surface area contributed by atoms with Gasteiger partial charge in [0.1, 0.15) is 5.54 Å². The van der Waals surface area contributed by atoms with Gasteiger partial charge in [0.25, 0.3) is 5.91 Å². The molecule has 3 atom stereocenters. The fourth-order valence-electron chi connectivity index (χ4n) is 6.14. The Morgan fingerprint density at radius 3 is 2.52 bits per heavy atom. The van der Waals surface area contributed by atoms with E-state index in [1.165, 1.54) is 61.8 Å². The number of hydrogen-bond acceptors (Lipinski definition) is 3. The number of benzene rings is 1. The lowest BCUT2D eigenvalue weighted by atomic mass is 9.74. The highest BCUT2D eigenvalue weighted by Crippen LogP contribution is 2.38. The summed E-state index contributed by atoms with van der Waals surface area (Å²) in [6.45, 7) is 0.912. The lowest BCUT2D eigenvalue weighted by molar-refractivity contribution is -0.131. The number of carbonyl (C=O) groups excluding carboxylic acids is 1. The van der Waals surface area contributed by atoms with Crippen molar-refractivity contribution in [2.24, 2.45) is 11.8 Å². The minimum atomic E-state index is -0.560. The number of amides is 1. The molecule has 0 spiro atoms. The molecular weight excluding hydrogens is 384 g/mol. The molecule has 1 aromatic carbocycles. The van der Waals surface area contributed by atoms with Crippen molar-refractivity contribution in [1.29, 1.82) is 5.41 Å². The summed E-state index contributed by atoms with van der Waals surface area (Å²) in [7, 11) is 1.76. The molecule has 1 aromatic rings. The summed E-state index contributed by atoms with van der Waals surface area (Å²) in [5.74, 6) is 1.69. The summed E-state index contributed by atoms with van der Waals surface area (Å²) < 4.78 is 0. The molecule has 3 aliphatic rings. The summed E-state index contributed by atoms with van der Waals surface area (Å²) in [6.07, 6.45) is 14.3. The zero-order valence-corrected chi connectivity index (χ0v) is 19.2. The van der Waals surface area contributed by atoms with Gasteiger partial charge >= 0.3 is 0 Å². The molecule has 2 aliphatic carbocycles. The SMILES string of the molecule is CN1C(=N)N[C@](CCC2CCCCC2)(C[C@H]2CCC[C@H](NCc3ccccc3)C2)C1=O. The number of likely N-dealkylation sites (N-methyl/N-ethyl adjacent to an activating group) is 1. The first-order valence-electron chi connectivity index (χ1n) is 12.5. The Kier molecular flexibility index (Phi) is 7.31. The summed E-state index contributed by atoms with van der Waals surface area (Å²) >= 11 is 0. The van der Waals surface area contributed by atoms with Crippen molar-refractivity contribution in [2.75, 3.05) is 7.05 Å². The molecule has 1 amide bonds. The predicted molar refractivity (Wildman–Crippen MR) is 126 cm³/mol. The van der Waals surface area contributed by atoms with Crippen LogP contribution in [0.3, 0.4) is 0 Å². The van der Waals surface area contributed by atoms with Crippen LogP contribution in [0.2, 0.25) is 0 Å². The Morgan fingerprint density at radius 2 is 1.81 bits per heavy atom. The van der Waals surface area contributed by atoms with Gasteiger partial charge in [0, 0.05) is 19.6 Å². The van der Waals surface area contributed by atoms with Crippen molar-refractivity contribution in [2.45, 2.75) is 95.2 Å². The van der Waals surface area contributed by atoms with Gasteiger partial charge in [-0.1, -0.05) is 75.3 Å². The highest BCUT2D eigenvalue weighted by Gasteiger charge is 2.49. The second-order valence-electron chi connectivity index (χ2n) is 10.3. The third-order valence-electron chi connectivity index (χ3n) is 7.97. The molecule has 31 heavy (non-hydrogen) atoms. The zero-order chi connectivity index (χ0) is 21.7. The van der Waals surface area contributed by atoms with E-state index >= 15 is 0 Å². The normalized spacial score (nSPS) is 29.9. The second-order valence-corrected chi connectivity index (χ2v) is 10.3. The van der Waals surface area contributed by atoms with Gasteiger partial charge in [-0.2, -0.15) is 0 Å². The average molecular weight is 425 g/mol. The maximum absolute atomic E-state index is 13.3.